The van der Waals surface area contributed by atoms with E-state index < -0.39 is 0 Å². The number of ether oxygens (including phenoxy) is 2. The first kappa shape index (κ1) is 12.5. The summed E-state index contributed by atoms with van der Waals surface area (Å²) < 4.78 is 10.2. The topological polar surface area (TPSA) is 85.0 Å². The maximum atomic E-state index is 12.2. The van der Waals surface area contributed by atoms with Gasteiger partial charge in [0.2, 0.25) is 0 Å². The first-order valence-corrected chi connectivity index (χ1v) is 5.67. The largest absolute Gasteiger partial charge is 0.504 e. The third kappa shape index (κ3) is 2.19. The standard InChI is InChI=1S/C12H16N2O4/c1-17-11-9(13)3-2-8(10(11)15)12(16)14-4-6-18-7-5-14/h2-3,15H,4-7,13H2,1H3. The highest BCUT2D eigenvalue weighted by molar-refractivity contribution is 5.98. The first-order valence-electron chi connectivity index (χ1n) is 5.67. The number of rotatable bonds is 2. The van der Waals surface area contributed by atoms with Gasteiger partial charge in [-0.1, -0.05) is 0 Å². The fourth-order valence-corrected chi connectivity index (χ4v) is 1.91. The van der Waals surface area contributed by atoms with Gasteiger partial charge in [0.1, 0.15) is 0 Å². The second kappa shape index (κ2) is 5.14. The Hall–Kier alpha value is -1.95. The van der Waals surface area contributed by atoms with Crippen LogP contribution in [0.25, 0.3) is 0 Å². The van der Waals surface area contributed by atoms with Crippen molar-refractivity contribution in [3.05, 3.63) is 17.7 Å². The van der Waals surface area contributed by atoms with Crippen molar-refractivity contribution in [1.29, 1.82) is 0 Å². The number of aromatic hydroxyl groups is 1. The minimum atomic E-state index is -0.242. The average molecular weight is 252 g/mol. The van der Waals surface area contributed by atoms with E-state index in [2.05, 4.69) is 0 Å². The van der Waals surface area contributed by atoms with Crippen LogP contribution in [0.15, 0.2) is 12.1 Å². The molecule has 6 heteroatoms. The minimum absolute atomic E-state index is 0.133. The highest BCUT2D eigenvalue weighted by atomic mass is 16.5. The predicted octanol–water partition coefficient (Wildman–Crippen LogP) is 0.455. The van der Waals surface area contributed by atoms with Gasteiger partial charge in [-0.15, -0.1) is 0 Å². The molecule has 0 saturated carbocycles. The van der Waals surface area contributed by atoms with E-state index in [9.17, 15) is 9.90 Å². The van der Waals surface area contributed by atoms with Crippen LogP contribution in [0.4, 0.5) is 5.69 Å². The third-order valence-electron chi connectivity index (χ3n) is 2.89. The number of hydrogen-bond acceptors (Lipinski definition) is 5. The number of carbonyl (C=O) groups is 1. The lowest BCUT2D eigenvalue weighted by molar-refractivity contribution is 0.0300. The van der Waals surface area contributed by atoms with Crippen LogP contribution in [-0.4, -0.2) is 49.3 Å². The number of methoxy groups -OCH3 is 1. The van der Waals surface area contributed by atoms with E-state index >= 15 is 0 Å². The van der Waals surface area contributed by atoms with Gasteiger partial charge in [-0.2, -0.15) is 0 Å². The number of carbonyl (C=O) groups excluding carboxylic acids is 1. The van der Waals surface area contributed by atoms with Gasteiger partial charge in [-0.3, -0.25) is 4.79 Å². The SMILES string of the molecule is COc1c(N)ccc(C(=O)N2CCOCC2)c1O. The number of nitrogens with two attached hydrogens (primary N) is 1. The van der Waals surface area contributed by atoms with Gasteiger partial charge < -0.3 is 25.2 Å². The zero-order valence-electron chi connectivity index (χ0n) is 10.2. The number of nitrogen functional groups attached to an aromatic ring is 1. The monoisotopic (exact) mass is 252 g/mol. The molecule has 18 heavy (non-hydrogen) atoms. The zero-order chi connectivity index (χ0) is 13.1. The van der Waals surface area contributed by atoms with Crippen molar-refractivity contribution in [2.45, 2.75) is 0 Å². The summed E-state index contributed by atoms with van der Waals surface area (Å²) in [4.78, 5) is 13.8. The number of nitrogens with zero attached hydrogens (tertiary/aromatic N) is 1. The van der Waals surface area contributed by atoms with E-state index in [4.69, 9.17) is 15.2 Å². The first-order chi connectivity index (χ1) is 8.65. The molecular weight excluding hydrogens is 236 g/mol. The van der Waals surface area contributed by atoms with Crippen molar-refractivity contribution >= 4 is 11.6 Å². The second-order valence-corrected chi connectivity index (χ2v) is 3.99. The molecule has 0 bridgehead atoms. The molecule has 3 N–H and O–H groups in total. The van der Waals surface area contributed by atoms with Crippen molar-refractivity contribution < 1.29 is 19.4 Å². The number of phenols is 1. The number of anilines is 1. The van der Waals surface area contributed by atoms with Gasteiger partial charge >= 0.3 is 0 Å². The predicted molar refractivity (Wildman–Crippen MR) is 65.8 cm³/mol. The van der Waals surface area contributed by atoms with Gasteiger partial charge in [0.25, 0.3) is 5.91 Å². The van der Waals surface area contributed by atoms with Crippen LogP contribution in [0.1, 0.15) is 10.4 Å². The highest BCUT2D eigenvalue weighted by Gasteiger charge is 2.23. The number of morpholine rings is 1. The van der Waals surface area contributed by atoms with Gasteiger partial charge in [-0.25, -0.2) is 0 Å². The molecular formula is C12H16N2O4. The van der Waals surface area contributed by atoms with Crippen LogP contribution < -0.4 is 10.5 Å². The molecule has 6 nitrogen and oxygen atoms in total. The van der Waals surface area contributed by atoms with Crippen LogP contribution in [0.3, 0.4) is 0 Å². The molecule has 1 aromatic carbocycles. The Morgan fingerprint density at radius 3 is 2.72 bits per heavy atom. The summed E-state index contributed by atoms with van der Waals surface area (Å²) in [5, 5.41) is 9.99. The molecule has 1 aliphatic heterocycles. The van der Waals surface area contributed by atoms with Gasteiger partial charge in [0.05, 0.1) is 31.6 Å². The molecule has 0 aromatic heterocycles. The van der Waals surface area contributed by atoms with Crippen LogP contribution >= 0.6 is 0 Å². The molecule has 2 rings (SSSR count). The maximum absolute atomic E-state index is 12.2. The quantitative estimate of drug-likeness (QED) is 0.747. The lowest BCUT2D eigenvalue weighted by Gasteiger charge is -2.27. The molecule has 0 radical (unpaired) electrons. The molecule has 0 spiro atoms. The molecule has 1 aliphatic rings. The van der Waals surface area contributed by atoms with Gasteiger partial charge in [0.15, 0.2) is 11.5 Å². The van der Waals surface area contributed by atoms with E-state index in [1.165, 1.54) is 13.2 Å². The average Bonchev–Trinajstić information content (AvgIpc) is 2.40. The van der Waals surface area contributed by atoms with Crippen LogP contribution in [0, 0.1) is 0 Å². The molecule has 1 fully saturated rings. The van der Waals surface area contributed by atoms with Gasteiger partial charge in [-0.05, 0) is 12.1 Å². The van der Waals surface area contributed by atoms with Crippen LogP contribution in [0.2, 0.25) is 0 Å². The summed E-state index contributed by atoms with van der Waals surface area (Å²) in [6.45, 7) is 2.06. The Labute approximate surface area is 105 Å². The van der Waals surface area contributed by atoms with E-state index in [0.29, 0.717) is 32.0 Å². The van der Waals surface area contributed by atoms with E-state index in [1.807, 2.05) is 0 Å². The zero-order valence-corrected chi connectivity index (χ0v) is 10.2. The number of phenolic OH excluding ortho intramolecular Hbond substituents is 1. The minimum Gasteiger partial charge on any atom is -0.504 e. The molecule has 0 aliphatic carbocycles. The number of amides is 1. The number of hydrogen-bond donors (Lipinski definition) is 2. The third-order valence-corrected chi connectivity index (χ3v) is 2.89. The van der Waals surface area contributed by atoms with Crippen molar-refractivity contribution in [2.24, 2.45) is 0 Å². The summed E-state index contributed by atoms with van der Waals surface area (Å²) in [5.41, 5.74) is 6.15. The molecule has 0 unspecified atom stereocenters. The highest BCUT2D eigenvalue weighted by Crippen LogP contribution is 2.36. The summed E-state index contributed by atoms with van der Waals surface area (Å²) in [6.07, 6.45) is 0. The van der Waals surface area contributed by atoms with E-state index in [1.54, 1.807) is 11.0 Å². The Bertz CT molecular complexity index is 456. The number of benzene rings is 1. The lowest BCUT2D eigenvalue weighted by Crippen LogP contribution is -2.40. The molecule has 1 amide bonds. The molecule has 1 aromatic rings. The Balaban J connectivity index is 2.30. The Morgan fingerprint density at radius 2 is 2.11 bits per heavy atom. The Morgan fingerprint density at radius 1 is 1.44 bits per heavy atom. The fraction of sp³-hybridized carbons (Fsp3) is 0.417. The van der Waals surface area contributed by atoms with Crippen molar-refractivity contribution in [1.82, 2.24) is 4.90 Å². The smallest absolute Gasteiger partial charge is 0.257 e. The summed E-state index contributed by atoms with van der Waals surface area (Å²) in [5.74, 6) is -0.322. The van der Waals surface area contributed by atoms with Crippen LogP contribution in [0.5, 0.6) is 11.5 Å². The van der Waals surface area contributed by atoms with Crippen molar-refractivity contribution in [3.8, 4) is 11.5 Å². The summed E-state index contributed by atoms with van der Waals surface area (Å²) in [7, 11) is 1.40. The Kier molecular flexibility index (Phi) is 3.57. The summed E-state index contributed by atoms with van der Waals surface area (Å²) >= 11 is 0. The van der Waals surface area contributed by atoms with Crippen LogP contribution in [-0.2, 0) is 4.74 Å². The maximum Gasteiger partial charge on any atom is 0.257 e. The lowest BCUT2D eigenvalue weighted by atomic mass is 10.1. The van der Waals surface area contributed by atoms with E-state index in [-0.39, 0.29) is 23.0 Å². The van der Waals surface area contributed by atoms with Crippen molar-refractivity contribution in [3.63, 3.8) is 0 Å². The van der Waals surface area contributed by atoms with E-state index in [0.717, 1.165) is 0 Å². The fourth-order valence-electron chi connectivity index (χ4n) is 1.91. The molecule has 0 atom stereocenters. The molecule has 1 saturated heterocycles. The molecule has 1 heterocycles. The molecule has 98 valence electrons. The second-order valence-electron chi connectivity index (χ2n) is 3.99. The van der Waals surface area contributed by atoms with Crippen molar-refractivity contribution in [2.75, 3.05) is 39.1 Å². The normalized spacial score (nSPS) is 15.5. The summed E-state index contributed by atoms with van der Waals surface area (Å²) in [6, 6.07) is 3.05. The van der Waals surface area contributed by atoms with Gasteiger partial charge in [0, 0.05) is 13.1 Å².